The monoisotopic (exact) mass is 1280 g/mol. The molecule has 2 aromatic rings. The number of rotatable bonds is 34. The first kappa shape index (κ1) is 72.2. The molecule has 3 aliphatic heterocycles. The molecular formula is C58H90N16O13S2. The number of amides is 10. The molecule has 0 unspecified atom stereocenters. The molecule has 492 valence electrons. The number of hydrogen-bond acceptors (Lipinski definition) is 17. The van der Waals surface area contributed by atoms with E-state index >= 15 is 0 Å². The number of carbonyl (C=O) groups excluding carboxylic acids is 10. The topological polar surface area (TPSA) is 441 Å². The predicted molar refractivity (Wildman–Crippen MR) is 334 cm³/mol. The van der Waals surface area contributed by atoms with Crippen LogP contribution in [-0.4, -0.2) is 223 Å². The van der Waals surface area contributed by atoms with Crippen LogP contribution >= 0.6 is 24.4 Å². The van der Waals surface area contributed by atoms with Gasteiger partial charge in [-0.25, -0.2) is 9.78 Å². The molecule has 0 spiro atoms. The van der Waals surface area contributed by atoms with Crippen molar-refractivity contribution in [1.29, 1.82) is 0 Å². The average molecular weight is 1280 g/mol. The number of nitrogens with zero attached hydrogens (tertiary/aromatic N) is 5. The molecule has 10 amide bonds. The normalized spacial score (nSPS) is 19.2. The maximum Gasteiger partial charge on any atom is 0.326 e. The Bertz CT molecular complexity index is 2780. The van der Waals surface area contributed by atoms with Gasteiger partial charge in [-0.05, 0) is 93.6 Å². The molecule has 16 N–H and O–H groups in total. The van der Waals surface area contributed by atoms with Gasteiger partial charge in [0.2, 0.25) is 59.1 Å². The summed E-state index contributed by atoms with van der Waals surface area (Å²) in [6.07, 6.45) is 6.82. The van der Waals surface area contributed by atoms with E-state index in [1.807, 2.05) is 20.1 Å². The molecule has 3 saturated heterocycles. The van der Waals surface area contributed by atoms with Crippen LogP contribution in [0.2, 0.25) is 0 Å². The van der Waals surface area contributed by atoms with Crippen molar-refractivity contribution in [2.75, 3.05) is 50.5 Å². The number of nitrogens with one attached hydrogen (secondary N) is 8. The standard InChI is InChI=1S/C58H90N16O13S2/c1-32(2)25-39(68-52(81)43-16-10-21-72(43)54(83)38(19-24-89-5)66-47(76)36(59)30-88)49(78)67-40(27-35-28-62-31-64-35)50(79)70-42(29-75)51(80)65-37(15-9-20-63-58(60)61)48(77)71-46(33(3)4)56(85)73-22-11-17-44(73)53(82)69-41(26-34-13-7-6-8-14-34)55(84)74-23-12-18-45(74)57(86)87/h6-8,13-14,28,31-33,36-46,75,88H,9-12,15-27,29-30,59H2,1-5H3,(H,62,64)(H,65,80)(H,66,76)(H,67,78)(H,68,81)(H,69,82)(H,70,79)(H,71,77)(H,86,87)(H4,60,61,63)/t36-,37+,38+,39+,40+,41+,42+,43+,44+,45+,46+/m1/s1. The second-order valence-electron chi connectivity index (χ2n) is 23.3. The molecule has 3 aliphatic rings. The first-order valence-corrected chi connectivity index (χ1v) is 32.2. The van der Waals surface area contributed by atoms with Gasteiger partial charge in [-0.3, -0.25) is 52.9 Å². The number of aromatic amines is 1. The van der Waals surface area contributed by atoms with Crippen molar-refractivity contribution < 1.29 is 63.0 Å². The summed E-state index contributed by atoms with van der Waals surface area (Å²) in [6.45, 7) is 6.49. The first-order valence-electron chi connectivity index (χ1n) is 30.2. The number of thiol groups is 1. The number of carboxylic acids is 1. The van der Waals surface area contributed by atoms with Crippen LogP contribution in [-0.2, 0) is 65.6 Å². The van der Waals surface area contributed by atoms with Crippen molar-refractivity contribution in [2.45, 2.75) is 171 Å². The number of imidazole rings is 1. The molecule has 0 bridgehead atoms. The highest BCUT2D eigenvalue weighted by atomic mass is 32.2. The number of hydrogen-bond donors (Lipinski definition) is 14. The third kappa shape index (κ3) is 21.3. The molecule has 1 aromatic heterocycles. The first-order chi connectivity index (χ1) is 42.4. The molecular weight excluding hydrogens is 1190 g/mol. The highest BCUT2D eigenvalue weighted by Crippen LogP contribution is 2.25. The van der Waals surface area contributed by atoms with Gasteiger partial charge in [-0.15, -0.1) is 0 Å². The fourth-order valence-electron chi connectivity index (χ4n) is 11.0. The number of H-pyrrole nitrogens is 1. The summed E-state index contributed by atoms with van der Waals surface area (Å²) in [5, 5.41) is 39.3. The molecule has 29 nitrogen and oxygen atoms in total. The highest BCUT2D eigenvalue weighted by molar-refractivity contribution is 7.98. The van der Waals surface area contributed by atoms with Crippen LogP contribution in [0.5, 0.6) is 0 Å². The minimum absolute atomic E-state index is 0.0110. The molecule has 0 radical (unpaired) electrons. The predicted octanol–water partition coefficient (Wildman–Crippen LogP) is -2.60. The molecule has 1 aromatic carbocycles. The summed E-state index contributed by atoms with van der Waals surface area (Å²) >= 11 is 5.57. The van der Waals surface area contributed by atoms with E-state index in [-0.39, 0.29) is 102 Å². The lowest BCUT2D eigenvalue weighted by Gasteiger charge is -2.33. The number of carbonyl (C=O) groups is 11. The third-order valence-electron chi connectivity index (χ3n) is 15.7. The van der Waals surface area contributed by atoms with Gasteiger partial charge in [-0.2, -0.15) is 24.4 Å². The van der Waals surface area contributed by atoms with Crippen LogP contribution in [0.3, 0.4) is 0 Å². The Hall–Kier alpha value is -7.51. The highest BCUT2D eigenvalue weighted by Gasteiger charge is 2.44. The zero-order valence-electron chi connectivity index (χ0n) is 51.2. The number of aliphatic hydroxyl groups is 1. The molecule has 89 heavy (non-hydrogen) atoms. The number of thioether (sulfide) groups is 1. The average Bonchev–Trinajstić information content (AvgIpc) is 2.24. The number of aliphatic imine (C=N–C) groups is 1. The molecule has 5 rings (SSSR count). The van der Waals surface area contributed by atoms with E-state index < -0.39 is 144 Å². The number of carboxylic acid groups (broad SMARTS) is 1. The van der Waals surface area contributed by atoms with Gasteiger partial charge in [-0.1, -0.05) is 58.0 Å². The summed E-state index contributed by atoms with van der Waals surface area (Å²) in [6, 6.07) is -4.55. The summed E-state index contributed by atoms with van der Waals surface area (Å²) in [5.41, 5.74) is 18.1. The van der Waals surface area contributed by atoms with Gasteiger partial charge in [0.15, 0.2) is 5.96 Å². The van der Waals surface area contributed by atoms with Crippen LogP contribution in [0, 0.1) is 11.8 Å². The zero-order chi connectivity index (χ0) is 65.5. The van der Waals surface area contributed by atoms with Gasteiger partial charge < -0.3 is 84.3 Å². The Balaban J connectivity index is 1.31. The second kappa shape index (κ2) is 35.6. The lowest BCUT2D eigenvalue weighted by atomic mass is 10.0. The Morgan fingerprint density at radius 3 is 1.75 bits per heavy atom. The summed E-state index contributed by atoms with van der Waals surface area (Å²) in [5.74, 6) is -8.79. The van der Waals surface area contributed by atoms with Crippen molar-refractivity contribution in [3.63, 3.8) is 0 Å². The minimum Gasteiger partial charge on any atom is -0.480 e. The summed E-state index contributed by atoms with van der Waals surface area (Å²) in [7, 11) is 0. The van der Waals surface area contributed by atoms with E-state index in [2.05, 4.69) is 64.8 Å². The number of likely N-dealkylation sites (tertiary alicyclic amines) is 3. The molecule has 3 fully saturated rings. The van der Waals surface area contributed by atoms with Crippen molar-refractivity contribution in [3.8, 4) is 0 Å². The number of nitrogens with two attached hydrogens (primary N) is 3. The van der Waals surface area contributed by atoms with Crippen LogP contribution in [0.4, 0.5) is 0 Å². The fourth-order valence-corrected chi connectivity index (χ4v) is 11.6. The molecule has 11 atom stereocenters. The Morgan fingerprint density at radius 2 is 1.20 bits per heavy atom. The van der Waals surface area contributed by atoms with E-state index in [0.717, 1.165) is 0 Å². The van der Waals surface area contributed by atoms with Crippen LogP contribution in [0.15, 0.2) is 47.8 Å². The lowest BCUT2D eigenvalue weighted by Crippen LogP contribution is -2.61. The van der Waals surface area contributed by atoms with Gasteiger partial charge in [0.1, 0.15) is 60.4 Å². The van der Waals surface area contributed by atoms with Crippen molar-refractivity contribution in [1.82, 2.24) is 61.9 Å². The number of aliphatic hydroxyl groups excluding tert-OH is 1. The van der Waals surface area contributed by atoms with E-state index in [0.29, 0.717) is 36.3 Å². The zero-order valence-corrected chi connectivity index (χ0v) is 52.9. The van der Waals surface area contributed by atoms with Crippen molar-refractivity contribution in [3.05, 3.63) is 54.1 Å². The van der Waals surface area contributed by atoms with E-state index in [4.69, 9.17) is 17.2 Å². The summed E-state index contributed by atoms with van der Waals surface area (Å²) in [4.78, 5) is 168. The van der Waals surface area contributed by atoms with E-state index in [1.54, 1.807) is 44.2 Å². The number of aliphatic carboxylic acids is 1. The molecule has 0 aliphatic carbocycles. The molecule has 4 heterocycles. The van der Waals surface area contributed by atoms with Crippen molar-refractivity contribution in [2.24, 2.45) is 34.0 Å². The largest absolute Gasteiger partial charge is 0.480 e. The van der Waals surface area contributed by atoms with E-state index in [9.17, 15) is 63.0 Å². The fraction of sp³-hybridized carbons (Fsp3) is 0.638. The Morgan fingerprint density at radius 1 is 0.674 bits per heavy atom. The van der Waals surface area contributed by atoms with Crippen LogP contribution in [0.1, 0.15) is 103 Å². The number of aromatic nitrogens is 2. The molecule has 0 saturated carbocycles. The van der Waals surface area contributed by atoms with Gasteiger partial charge in [0.05, 0.1) is 19.0 Å². The Kier molecular flexibility index (Phi) is 28.9. The van der Waals surface area contributed by atoms with Gasteiger partial charge in [0, 0.05) is 56.7 Å². The number of guanidine groups is 1. The number of benzene rings is 1. The van der Waals surface area contributed by atoms with Gasteiger partial charge >= 0.3 is 5.97 Å². The lowest BCUT2D eigenvalue weighted by molar-refractivity contribution is -0.150. The van der Waals surface area contributed by atoms with Crippen molar-refractivity contribution >= 4 is 95.4 Å². The van der Waals surface area contributed by atoms with Gasteiger partial charge in [0.25, 0.3) is 0 Å². The summed E-state index contributed by atoms with van der Waals surface area (Å²) < 4.78 is 0. The third-order valence-corrected chi connectivity index (χ3v) is 16.8. The maximum absolute atomic E-state index is 14.6. The quantitative estimate of drug-likeness (QED) is 0.0148. The smallest absolute Gasteiger partial charge is 0.326 e. The molecule has 31 heteroatoms. The SMILES string of the molecule is CSCC[C@H](NC(=O)[C@H](N)CS)C(=O)N1CCC[C@H]1C(=O)N[C@@H](CC(C)C)C(=O)N[C@@H](Cc1cnc[nH]1)C(=O)N[C@@H](CO)C(=O)N[C@@H](CCCN=C(N)N)C(=O)N[C@H](C(=O)N1CCC[C@H]1C(=O)N[C@@H](Cc1ccccc1)C(=O)N1CCC[C@H]1C(=O)O)C(C)C. The van der Waals surface area contributed by atoms with Crippen LogP contribution in [0.25, 0.3) is 0 Å². The van der Waals surface area contributed by atoms with Crippen LogP contribution < -0.4 is 54.4 Å². The maximum atomic E-state index is 14.6. The Labute approximate surface area is 527 Å². The minimum atomic E-state index is -1.74. The van der Waals surface area contributed by atoms with E-state index in [1.165, 1.54) is 39.0 Å². The second-order valence-corrected chi connectivity index (χ2v) is 24.7.